The molecule has 0 fully saturated rings. The fraction of sp³-hybridized carbons (Fsp3) is 0.143. The molecule has 17 heavy (non-hydrogen) atoms. The zero-order valence-electron chi connectivity index (χ0n) is 8.32. The average molecular weight is 378 g/mol. The lowest BCUT2D eigenvalue weighted by Crippen LogP contribution is -1.97. The smallest absolute Gasteiger partial charge is 0.339 e. The van der Waals surface area contributed by atoms with Gasteiger partial charge in [0.05, 0.1) is 7.11 Å². The third kappa shape index (κ3) is 10.5. The van der Waals surface area contributed by atoms with Crippen molar-refractivity contribution in [1.29, 1.82) is 0 Å². The Morgan fingerprint density at radius 1 is 1.06 bits per heavy atom. The standard InChI is InChI=1S/C7H7Cl2O2P.Cl3OP/c1-11-6-3-2-4-7(5-6)12(8,9)10;1-5(2,3)4/h2-5H,1H3;. The van der Waals surface area contributed by atoms with Crippen LogP contribution in [0.15, 0.2) is 24.3 Å². The highest BCUT2D eigenvalue weighted by Crippen LogP contribution is 2.61. The highest BCUT2D eigenvalue weighted by atomic mass is 36.0. The van der Waals surface area contributed by atoms with E-state index >= 15 is 0 Å². The minimum Gasteiger partial charge on any atom is -0.497 e. The van der Waals surface area contributed by atoms with Gasteiger partial charge in [-0.2, -0.15) is 0 Å². The van der Waals surface area contributed by atoms with Crippen LogP contribution >= 0.6 is 67.3 Å². The monoisotopic (exact) mass is 376 g/mol. The van der Waals surface area contributed by atoms with Crippen LogP contribution in [0.4, 0.5) is 0 Å². The van der Waals surface area contributed by atoms with Crippen LogP contribution in [0.3, 0.4) is 0 Å². The van der Waals surface area contributed by atoms with Crippen LogP contribution in [-0.4, -0.2) is 7.11 Å². The Balaban J connectivity index is 0.000000437. The molecule has 3 nitrogen and oxygen atoms in total. The van der Waals surface area contributed by atoms with Gasteiger partial charge in [-0.05, 0) is 74.4 Å². The molecule has 0 unspecified atom stereocenters. The van der Waals surface area contributed by atoms with E-state index in [0.29, 0.717) is 11.1 Å². The number of ether oxygens (including phenoxy) is 1. The van der Waals surface area contributed by atoms with Crippen molar-refractivity contribution >= 4 is 72.6 Å². The van der Waals surface area contributed by atoms with E-state index in [2.05, 4.69) is 33.7 Å². The second-order valence-electron chi connectivity index (χ2n) is 2.56. The van der Waals surface area contributed by atoms with Gasteiger partial charge in [-0.25, -0.2) is 0 Å². The lowest BCUT2D eigenvalue weighted by atomic mass is 10.3. The van der Waals surface area contributed by atoms with Gasteiger partial charge in [0.2, 0.25) is 0 Å². The molecule has 10 heteroatoms. The van der Waals surface area contributed by atoms with Crippen molar-refractivity contribution in [3.05, 3.63) is 24.3 Å². The molecule has 0 aliphatic carbocycles. The average Bonchev–Trinajstić information content (AvgIpc) is 2.14. The second-order valence-corrected chi connectivity index (χ2v) is 14.0. The van der Waals surface area contributed by atoms with Crippen molar-refractivity contribution in [2.75, 3.05) is 7.11 Å². The SMILES string of the molecule is COc1cccc(P(=O)(Cl)Cl)c1.O=P(Cl)(Cl)Cl. The van der Waals surface area contributed by atoms with Gasteiger partial charge in [-0.3, -0.25) is 9.13 Å². The molecule has 1 aromatic carbocycles. The molecule has 0 aromatic heterocycles. The first-order valence-electron chi connectivity index (χ1n) is 3.87. The van der Waals surface area contributed by atoms with E-state index in [4.69, 9.17) is 27.2 Å². The molecule has 0 aliphatic rings. The predicted molar refractivity (Wildman–Crippen MR) is 77.1 cm³/mol. The first-order valence-corrected chi connectivity index (χ1v) is 11.8. The largest absolute Gasteiger partial charge is 0.497 e. The van der Waals surface area contributed by atoms with Gasteiger partial charge in [0.25, 0.3) is 5.85 Å². The van der Waals surface area contributed by atoms with Gasteiger partial charge in [-0.1, -0.05) is 6.07 Å². The minimum absolute atomic E-state index is 0.394. The first kappa shape index (κ1) is 17.9. The van der Waals surface area contributed by atoms with E-state index in [1.807, 2.05) is 0 Å². The van der Waals surface area contributed by atoms with E-state index in [-0.39, 0.29) is 0 Å². The molecule has 1 aromatic rings. The van der Waals surface area contributed by atoms with E-state index in [0.717, 1.165) is 0 Å². The second kappa shape index (κ2) is 7.50. The maximum atomic E-state index is 11.2. The summed E-state index contributed by atoms with van der Waals surface area (Å²) in [6.45, 7) is 0. The molecule has 0 heterocycles. The lowest BCUT2D eigenvalue weighted by Gasteiger charge is -2.03. The lowest BCUT2D eigenvalue weighted by molar-refractivity contribution is 0.415. The van der Waals surface area contributed by atoms with Gasteiger partial charge in [0.15, 0.2) is 0 Å². The summed E-state index contributed by atoms with van der Waals surface area (Å²) in [4.78, 5) is 0. The Hall–Kier alpha value is 0.930. The van der Waals surface area contributed by atoms with Crippen LogP contribution in [0.2, 0.25) is 0 Å². The van der Waals surface area contributed by atoms with E-state index < -0.39 is 11.0 Å². The van der Waals surface area contributed by atoms with Crippen molar-refractivity contribution in [2.45, 2.75) is 0 Å². The van der Waals surface area contributed by atoms with Gasteiger partial charge in [0, 0.05) is 5.30 Å². The fourth-order valence-electron chi connectivity index (χ4n) is 0.772. The van der Waals surface area contributed by atoms with Gasteiger partial charge in [0.1, 0.15) is 5.75 Å². The summed E-state index contributed by atoms with van der Waals surface area (Å²) < 4.78 is 25.6. The third-order valence-electron chi connectivity index (χ3n) is 1.35. The van der Waals surface area contributed by atoms with Crippen molar-refractivity contribution < 1.29 is 13.9 Å². The summed E-state index contributed by atoms with van der Waals surface area (Å²) in [6.07, 6.45) is 0. The molecule has 0 amide bonds. The molecule has 0 saturated carbocycles. The summed E-state index contributed by atoms with van der Waals surface area (Å²) in [5, 5.41) is -2.83. The number of methoxy groups -OCH3 is 1. The summed E-state index contributed by atoms with van der Waals surface area (Å²) in [7, 11) is 1.52. The topological polar surface area (TPSA) is 43.4 Å². The quantitative estimate of drug-likeness (QED) is 0.611. The number of hydrogen-bond donors (Lipinski definition) is 0. The summed E-state index contributed by atoms with van der Waals surface area (Å²) in [5.74, 6) is -2.60. The Morgan fingerprint density at radius 3 is 1.88 bits per heavy atom. The van der Waals surface area contributed by atoms with Crippen LogP contribution in [-0.2, 0) is 9.13 Å². The first-order chi connectivity index (χ1) is 7.54. The molecular weight excluding hydrogens is 371 g/mol. The van der Waals surface area contributed by atoms with Crippen molar-refractivity contribution in [1.82, 2.24) is 0 Å². The maximum Gasteiger partial charge on any atom is 0.339 e. The number of hydrogen-bond acceptors (Lipinski definition) is 3. The molecule has 0 bridgehead atoms. The van der Waals surface area contributed by atoms with Crippen LogP contribution < -0.4 is 10.0 Å². The molecule has 0 atom stereocenters. The van der Waals surface area contributed by atoms with Crippen LogP contribution in [0, 0.1) is 0 Å². The maximum absolute atomic E-state index is 11.2. The van der Waals surface area contributed by atoms with Gasteiger partial charge in [-0.15, -0.1) is 0 Å². The molecule has 0 aliphatic heterocycles. The van der Waals surface area contributed by atoms with Crippen molar-refractivity contribution in [3.63, 3.8) is 0 Å². The van der Waals surface area contributed by atoms with Gasteiger partial charge >= 0.3 is 5.20 Å². The number of benzene rings is 1. The molecule has 1 rings (SSSR count). The van der Waals surface area contributed by atoms with Crippen molar-refractivity contribution in [2.24, 2.45) is 0 Å². The van der Waals surface area contributed by atoms with Crippen LogP contribution in [0.5, 0.6) is 5.75 Å². The van der Waals surface area contributed by atoms with E-state index in [1.54, 1.807) is 24.3 Å². The Morgan fingerprint density at radius 2 is 1.53 bits per heavy atom. The highest BCUT2D eigenvalue weighted by molar-refractivity contribution is 8.24. The molecule has 0 spiro atoms. The van der Waals surface area contributed by atoms with Crippen LogP contribution in [0.1, 0.15) is 0 Å². The molecular formula is C7H7Cl5O3P2. The molecule has 0 N–H and O–H groups in total. The highest BCUT2D eigenvalue weighted by Gasteiger charge is 2.17. The third-order valence-corrected chi connectivity index (χ3v) is 3.40. The molecule has 0 radical (unpaired) electrons. The van der Waals surface area contributed by atoms with E-state index in [9.17, 15) is 9.13 Å². The van der Waals surface area contributed by atoms with Crippen LogP contribution in [0.25, 0.3) is 0 Å². The minimum atomic E-state index is -3.22. The Bertz CT molecular complexity index is 446. The summed E-state index contributed by atoms with van der Waals surface area (Å²) in [5.41, 5.74) is 0. The molecule has 98 valence electrons. The zero-order valence-corrected chi connectivity index (χ0v) is 13.9. The zero-order chi connectivity index (χ0) is 13.7. The Kier molecular flexibility index (Phi) is 7.91. The summed E-state index contributed by atoms with van der Waals surface area (Å²) in [6, 6.07) is 6.57. The number of rotatable bonds is 2. The fourth-order valence-corrected chi connectivity index (χ4v) is 1.94. The Labute approximate surface area is 123 Å². The van der Waals surface area contributed by atoms with Gasteiger partial charge < -0.3 is 4.74 Å². The molecule has 0 saturated heterocycles. The van der Waals surface area contributed by atoms with E-state index in [1.165, 1.54) is 7.11 Å². The predicted octanol–water partition coefficient (Wildman–Crippen LogP) is 5.80. The normalized spacial score (nSPS) is 11.4. The number of halogens is 5. The summed E-state index contributed by atoms with van der Waals surface area (Å²) >= 11 is 24.8. The van der Waals surface area contributed by atoms with Crippen molar-refractivity contribution in [3.8, 4) is 5.75 Å².